The summed E-state index contributed by atoms with van der Waals surface area (Å²) in [6.45, 7) is 20.3. The summed E-state index contributed by atoms with van der Waals surface area (Å²) >= 11 is 0. The predicted octanol–water partition coefficient (Wildman–Crippen LogP) is 5.63. The summed E-state index contributed by atoms with van der Waals surface area (Å²) in [7, 11) is 0. The molecule has 1 aromatic rings. The standard InChI is InChI=1S/C21H30O2/c1-10-11-15(3)19(22)23-18-16(20(4,5)6)12-14(2)13-17(18)21(7,8)9/h10-13H,1H2,2-9H3/b15-11+. The summed E-state index contributed by atoms with van der Waals surface area (Å²) in [6, 6.07) is 4.23. The second kappa shape index (κ2) is 6.74. The largest absolute Gasteiger partial charge is 0.423 e. The molecule has 0 atom stereocenters. The Balaban J connectivity index is 3.57. The van der Waals surface area contributed by atoms with E-state index in [1.807, 2.05) is 0 Å². The number of carbonyl (C=O) groups excluding carboxylic acids is 1. The van der Waals surface area contributed by atoms with E-state index in [0.29, 0.717) is 11.3 Å². The number of hydrogen-bond acceptors (Lipinski definition) is 2. The molecule has 2 heteroatoms. The highest BCUT2D eigenvalue weighted by Crippen LogP contribution is 2.40. The number of aryl methyl sites for hydroxylation is 1. The van der Waals surface area contributed by atoms with Crippen molar-refractivity contribution in [1.29, 1.82) is 0 Å². The van der Waals surface area contributed by atoms with Gasteiger partial charge in [0.15, 0.2) is 0 Å². The molecule has 23 heavy (non-hydrogen) atoms. The SMILES string of the molecule is C=C/C=C(\C)C(=O)Oc1c(C(C)(C)C)cc(C)cc1C(C)(C)C. The smallest absolute Gasteiger partial charge is 0.339 e. The molecule has 2 nitrogen and oxygen atoms in total. The summed E-state index contributed by atoms with van der Waals surface area (Å²) < 4.78 is 5.84. The van der Waals surface area contributed by atoms with Gasteiger partial charge < -0.3 is 4.74 Å². The highest BCUT2D eigenvalue weighted by molar-refractivity contribution is 5.90. The molecule has 1 rings (SSSR count). The highest BCUT2D eigenvalue weighted by atomic mass is 16.5. The second-order valence-corrected chi connectivity index (χ2v) is 8.16. The molecule has 0 amide bonds. The molecule has 126 valence electrons. The average Bonchev–Trinajstić information content (AvgIpc) is 2.38. The van der Waals surface area contributed by atoms with E-state index in [-0.39, 0.29) is 16.8 Å². The van der Waals surface area contributed by atoms with Crippen molar-refractivity contribution in [2.24, 2.45) is 0 Å². The minimum atomic E-state index is -0.329. The van der Waals surface area contributed by atoms with Crippen molar-refractivity contribution in [3.05, 3.63) is 53.1 Å². The zero-order chi connectivity index (χ0) is 18.0. The van der Waals surface area contributed by atoms with Crippen LogP contribution in [0, 0.1) is 6.92 Å². The number of hydrogen-bond donors (Lipinski definition) is 0. The van der Waals surface area contributed by atoms with Gasteiger partial charge in [0.05, 0.1) is 0 Å². The highest BCUT2D eigenvalue weighted by Gasteiger charge is 2.28. The van der Waals surface area contributed by atoms with Crippen LogP contribution in [-0.4, -0.2) is 5.97 Å². The topological polar surface area (TPSA) is 26.3 Å². The molecule has 0 N–H and O–H groups in total. The number of benzene rings is 1. The van der Waals surface area contributed by atoms with Crippen molar-refractivity contribution >= 4 is 5.97 Å². The monoisotopic (exact) mass is 314 g/mol. The van der Waals surface area contributed by atoms with Crippen LogP contribution in [0.4, 0.5) is 0 Å². The molecule has 0 aliphatic heterocycles. The summed E-state index contributed by atoms with van der Waals surface area (Å²) in [5.74, 6) is 0.363. The quantitative estimate of drug-likeness (QED) is 0.313. The Morgan fingerprint density at radius 1 is 1.04 bits per heavy atom. The molecule has 0 aromatic heterocycles. The number of allylic oxidation sites excluding steroid dienone is 2. The zero-order valence-electron chi connectivity index (χ0n) is 15.8. The molecular weight excluding hydrogens is 284 g/mol. The van der Waals surface area contributed by atoms with Gasteiger partial charge in [0.1, 0.15) is 5.75 Å². The molecule has 0 spiro atoms. The molecule has 0 aliphatic rings. The molecule has 0 radical (unpaired) electrons. The molecule has 0 unspecified atom stereocenters. The van der Waals surface area contributed by atoms with Crippen molar-refractivity contribution in [1.82, 2.24) is 0 Å². The second-order valence-electron chi connectivity index (χ2n) is 8.16. The normalized spacial score (nSPS) is 13.0. The van der Waals surface area contributed by atoms with Gasteiger partial charge in [-0.25, -0.2) is 4.79 Å². The first-order valence-electron chi connectivity index (χ1n) is 8.05. The van der Waals surface area contributed by atoms with Gasteiger partial charge in [-0.3, -0.25) is 0 Å². The molecule has 0 fully saturated rings. The van der Waals surface area contributed by atoms with Crippen molar-refractivity contribution in [3.63, 3.8) is 0 Å². The Kier molecular flexibility index (Phi) is 5.63. The summed E-state index contributed by atoms with van der Waals surface area (Å²) in [4.78, 5) is 12.4. The molecule has 1 aromatic carbocycles. The Labute approximate surface area is 141 Å². The minimum Gasteiger partial charge on any atom is -0.423 e. The van der Waals surface area contributed by atoms with E-state index in [9.17, 15) is 4.79 Å². The molecule has 0 aliphatic carbocycles. The Hall–Kier alpha value is -1.83. The lowest BCUT2D eigenvalue weighted by Crippen LogP contribution is -2.22. The van der Waals surface area contributed by atoms with Crippen molar-refractivity contribution in [3.8, 4) is 5.75 Å². The maximum absolute atomic E-state index is 12.4. The lowest BCUT2D eigenvalue weighted by molar-refractivity contribution is -0.130. The maximum atomic E-state index is 12.4. The molecule has 0 saturated heterocycles. The van der Waals surface area contributed by atoms with E-state index in [2.05, 4.69) is 67.2 Å². The van der Waals surface area contributed by atoms with Crippen LogP contribution < -0.4 is 4.74 Å². The van der Waals surface area contributed by atoms with Gasteiger partial charge in [-0.1, -0.05) is 78.0 Å². The third-order valence-electron chi connectivity index (χ3n) is 3.73. The van der Waals surface area contributed by atoms with E-state index >= 15 is 0 Å². The van der Waals surface area contributed by atoms with Gasteiger partial charge in [0, 0.05) is 16.7 Å². The van der Waals surface area contributed by atoms with Gasteiger partial charge in [-0.05, 0) is 24.7 Å². The first kappa shape index (κ1) is 19.2. The van der Waals surface area contributed by atoms with E-state index in [1.54, 1.807) is 19.1 Å². The van der Waals surface area contributed by atoms with Crippen LogP contribution >= 0.6 is 0 Å². The summed E-state index contributed by atoms with van der Waals surface area (Å²) in [6.07, 6.45) is 3.27. The zero-order valence-corrected chi connectivity index (χ0v) is 15.8. The maximum Gasteiger partial charge on any atom is 0.339 e. The van der Waals surface area contributed by atoms with E-state index in [1.165, 1.54) is 5.56 Å². The van der Waals surface area contributed by atoms with Crippen molar-refractivity contribution in [2.75, 3.05) is 0 Å². The van der Waals surface area contributed by atoms with Crippen LogP contribution in [0.15, 0.2) is 36.4 Å². The van der Waals surface area contributed by atoms with Crippen LogP contribution in [0.3, 0.4) is 0 Å². The van der Waals surface area contributed by atoms with E-state index in [0.717, 1.165) is 11.1 Å². The first-order valence-corrected chi connectivity index (χ1v) is 8.05. The number of ether oxygens (including phenoxy) is 1. The minimum absolute atomic E-state index is 0.113. The predicted molar refractivity (Wildman–Crippen MR) is 98.2 cm³/mol. The third kappa shape index (κ3) is 4.82. The van der Waals surface area contributed by atoms with Crippen LogP contribution in [0.25, 0.3) is 0 Å². The van der Waals surface area contributed by atoms with E-state index < -0.39 is 0 Å². The summed E-state index contributed by atoms with van der Waals surface area (Å²) in [5.41, 5.74) is 3.61. The molecular formula is C21H30O2. The van der Waals surface area contributed by atoms with Crippen LogP contribution in [0.5, 0.6) is 5.75 Å². The fourth-order valence-electron chi connectivity index (χ4n) is 2.42. The summed E-state index contributed by atoms with van der Waals surface area (Å²) in [5, 5.41) is 0. The van der Waals surface area contributed by atoms with Gasteiger partial charge in [0.2, 0.25) is 0 Å². The average molecular weight is 314 g/mol. The molecule has 0 bridgehead atoms. The lowest BCUT2D eigenvalue weighted by atomic mass is 9.78. The van der Waals surface area contributed by atoms with Crippen molar-refractivity contribution < 1.29 is 9.53 Å². The van der Waals surface area contributed by atoms with E-state index in [4.69, 9.17) is 4.74 Å². The third-order valence-corrected chi connectivity index (χ3v) is 3.73. The number of esters is 1. The molecule has 0 heterocycles. The van der Waals surface area contributed by atoms with Gasteiger partial charge in [-0.15, -0.1) is 0 Å². The van der Waals surface area contributed by atoms with Crippen molar-refractivity contribution in [2.45, 2.75) is 66.2 Å². The number of rotatable bonds is 3. The fourth-order valence-corrected chi connectivity index (χ4v) is 2.42. The first-order chi connectivity index (χ1) is 10.4. The molecule has 0 saturated carbocycles. The van der Waals surface area contributed by atoms with Crippen LogP contribution in [0.2, 0.25) is 0 Å². The van der Waals surface area contributed by atoms with Gasteiger partial charge in [0.25, 0.3) is 0 Å². The lowest BCUT2D eigenvalue weighted by Gasteiger charge is -2.29. The fraction of sp³-hybridized carbons (Fsp3) is 0.476. The van der Waals surface area contributed by atoms with Gasteiger partial charge in [-0.2, -0.15) is 0 Å². The Bertz CT molecular complexity index is 600. The van der Waals surface area contributed by atoms with Crippen LogP contribution in [-0.2, 0) is 15.6 Å². The van der Waals surface area contributed by atoms with Gasteiger partial charge >= 0.3 is 5.97 Å². The number of carbonyl (C=O) groups is 1. The van der Waals surface area contributed by atoms with Crippen LogP contribution in [0.1, 0.15) is 65.2 Å². The Morgan fingerprint density at radius 2 is 1.48 bits per heavy atom. The Morgan fingerprint density at radius 3 is 1.83 bits per heavy atom.